The van der Waals surface area contributed by atoms with Crippen LogP contribution in [0.4, 0.5) is 0 Å². The fourth-order valence-corrected chi connectivity index (χ4v) is 5.02. The van der Waals surface area contributed by atoms with E-state index in [0.717, 1.165) is 19.0 Å². The van der Waals surface area contributed by atoms with Crippen LogP contribution in [-0.2, 0) is 4.79 Å². The second kappa shape index (κ2) is 11.1. The molecular weight excluding hydrogens is 430 g/mol. The van der Waals surface area contributed by atoms with Gasteiger partial charge in [-0.1, -0.05) is 50.6 Å². The Morgan fingerprint density at radius 2 is 1.87 bits per heavy atom. The summed E-state index contributed by atoms with van der Waals surface area (Å²) in [6, 6.07) is 10.6. The van der Waals surface area contributed by atoms with E-state index in [4.69, 9.17) is 11.6 Å². The van der Waals surface area contributed by atoms with Gasteiger partial charge in [-0.25, -0.2) is 0 Å². The Balaban J connectivity index is 1.66. The molecule has 1 aromatic carbocycles. The first kappa shape index (κ1) is 23.8. The van der Waals surface area contributed by atoms with Crippen LogP contribution in [0.3, 0.4) is 0 Å². The van der Waals surface area contributed by atoms with Crippen LogP contribution in [0, 0.1) is 11.8 Å². The molecule has 31 heavy (non-hydrogen) atoms. The maximum absolute atomic E-state index is 13.1. The number of benzene rings is 1. The summed E-state index contributed by atoms with van der Waals surface area (Å²) in [5.74, 6) is 0.198. The number of hydrogen-bond donors (Lipinski definition) is 2. The van der Waals surface area contributed by atoms with Gasteiger partial charge in [-0.2, -0.15) is 0 Å². The molecule has 168 valence electrons. The van der Waals surface area contributed by atoms with Gasteiger partial charge < -0.3 is 10.6 Å². The topological polar surface area (TPSA) is 61.4 Å². The minimum absolute atomic E-state index is 0.0533. The molecule has 1 aromatic heterocycles. The van der Waals surface area contributed by atoms with Crippen molar-refractivity contribution < 1.29 is 9.59 Å². The summed E-state index contributed by atoms with van der Waals surface area (Å²) < 4.78 is 0. The third kappa shape index (κ3) is 6.31. The van der Waals surface area contributed by atoms with E-state index >= 15 is 0 Å². The first-order chi connectivity index (χ1) is 14.9. The molecule has 1 saturated heterocycles. The molecule has 2 aromatic rings. The molecule has 0 spiro atoms. The summed E-state index contributed by atoms with van der Waals surface area (Å²) in [7, 11) is 0. The maximum atomic E-state index is 13.1. The van der Waals surface area contributed by atoms with Gasteiger partial charge >= 0.3 is 0 Å². The van der Waals surface area contributed by atoms with E-state index in [0.29, 0.717) is 17.1 Å². The zero-order chi connectivity index (χ0) is 22.4. The molecule has 1 aliphatic rings. The first-order valence-electron chi connectivity index (χ1n) is 11.0. The molecule has 0 bridgehead atoms. The Morgan fingerprint density at radius 1 is 1.16 bits per heavy atom. The number of rotatable bonds is 8. The number of nitrogens with zero attached hydrogens (tertiary/aromatic N) is 1. The highest BCUT2D eigenvalue weighted by atomic mass is 35.5. The van der Waals surface area contributed by atoms with E-state index in [2.05, 4.69) is 40.0 Å². The van der Waals surface area contributed by atoms with Crippen molar-refractivity contribution >= 4 is 34.8 Å². The van der Waals surface area contributed by atoms with E-state index in [-0.39, 0.29) is 23.8 Å². The molecule has 1 aliphatic heterocycles. The summed E-state index contributed by atoms with van der Waals surface area (Å²) >= 11 is 7.88. The van der Waals surface area contributed by atoms with Crippen molar-refractivity contribution in [1.82, 2.24) is 15.5 Å². The third-order valence-electron chi connectivity index (χ3n) is 5.95. The second-order valence-electron chi connectivity index (χ2n) is 8.67. The number of carbonyl (C=O) groups excluding carboxylic acids is 2. The van der Waals surface area contributed by atoms with Crippen LogP contribution in [0.1, 0.15) is 54.9 Å². The second-order valence-corrected chi connectivity index (χ2v) is 10.1. The Morgan fingerprint density at radius 3 is 2.48 bits per heavy atom. The summed E-state index contributed by atoms with van der Waals surface area (Å²) in [5.41, 5.74) is 0.376. The molecule has 2 atom stereocenters. The number of carbonyl (C=O) groups is 2. The van der Waals surface area contributed by atoms with Gasteiger partial charge in [-0.05, 0) is 61.3 Å². The fourth-order valence-electron chi connectivity index (χ4n) is 3.94. The monoisotopic (exact) mass is 461 g/mol. The molecule has 0 saturated carbocycles. The van der Waals surface area contributed by atoms with Crippen LogP contribution in [0.2, 0.25) is 5.02 Å². The molecule has 2 heterocycles. The number of hydrogen-bond acceptors (Lipinski definition) is 4. The van der Waals surface area contributed by atoms with Gasteiger partial charge in [0.25, 0.3) is 5.91 Å². The van der Waals surface area contributed by atoms with Crippen LogP contribution >= 0.6 is 22.9 Å². The first-order valence-corrected chi connectivity index (χ1v) is 12.2. The molecule has 2 unspecified atom stereocenters. The van der Waals surface area contributed by atoms with Crippen LogP contribution in [-0.4, -0.2) is 42.4 Å². The van der Waals surface area contributed by atoms with E-state index < -0.39 is 6.04 Å². The average molecular weight is 462 g/mol. The maximum Gasteiger partial charge on any atom is 0.253 e. The third-order valence-corrected chi connectivity index (χ3v) is 7.26. The number of nitrogens with one attached hydrogen (secondary N) is 2. The van der Waals surface area contributed by atoms with Crippen LogP contribution < -0.4 is 10.6 Å². The summed E-state index contributed by atoms with van der Waals surface area (Å²) in [5, 5.41) is 8.44. The standard InChI is InChI=1S/C24H32ClN3O2S/c1-16(2)22(27-23(29)18-7-4-5-8-19(18)25)24(30)26-15-20(21-9-6-14-31-21)28-12-10-17(3)11-13-28/h4-9,14,16-17,20,22H,10-13,15H2,1-3H3,(H,26,30)(H,27,29). The van der Waals surface area contributed by atoms with Gasteiger partial charge in [0.05, 0.1) is 16.6 Å². The summed E-state index contributed by atoms with van der Waals surface area (Å²) in [4.78, 5) is 29.5. The number of halogens is 1. The lowest BCUT2D eigenvalue weighted by molar-refractivity contribution is -0.124. The number of amides is 2. The normalized spacial score (nSPS) is 17.3. The van der Waals surface area contributed by atoms with E-state index in [9.17, 15) is 9.59 Å². The Bertz CT molecular complexity index is 863. The van der Waals surface area contributed by atoms with Crippen molar-refractivity contribution in [1.29, 1.82) is 0 Å². The quantitative estimate of drug-likeness (QED) is 0.596. The molecular formula is C24H32ClN3O2S. The van der Waals surface area contributed by atoms with E-state index in [1.54, 1.807) is 35.6 Å². The highest BCUT2D eigenvalue weighted by Crippen LogP contribution is 2.29. The van der Waals surface area contributed by atoms with Gasteiger partial charge in [-0.3, -0.25) is 14.5 Å². The van der Waals surface area contributed by atoms with Crippen molar-refractivity contribution in [3.63, 3.8) is 0 Å². The van der Waals surface area contributed by atoms with Crippen LogP contribution in [0.5, 0.6) is 0 Å². The van der Waals surface area contributed by atoms with Gasteiger partial charge in [-0.15, -0.1) is 11.3 Å². The van der Waals surface area contributed by atoms with Crippen LogP contribution in [0.15, 0.2) is 41.8 Å². The summed E-state index contributed by atoms with van der Waals surface area (Å²) in [6.45, 7) is 8.76. The largest absolute Gasteiger partial charge is 0.352 e. The minimum Gasteiger partial charge on any atom is -0.352 e. The Labute approximate surface area is 194 Å². The zero-order valence-corrected chi connectivity index (χ0v) is 20.0. The van der Waals surface area contributed by atoms with Gasteiger partial charge in [0, 0.05) is 11.4 Å². The molecule has 0 radical (unpaired) electrons. The molecule has 2 N–H and O–H groups in total. The fraction of sp³-hybridized carbons (Fsp3) is 0.500. The number of piperidine rings is 1. The van der Waals surface area contributed by atoms with E-state index in [1.165, 1.54) is 17.7 Å². The number of thiophene rings is 1. The predicted molar refractivity (Wildman–Crippen MR) is 128 cm³/mol. The molecule has 1 fully saturated rings. The highest BCUT2D eigenvalue weighted by Gasteiger charge is 2.29. The smallest absolute Gasteiger partial charge is 0.253 e. The predicted octanol–water partition coefficient (Wildman–Crippen LogP) is 4.75. The van der Waals surface area contributed by atoms with Gasteiger partial charge in [0.15, 0.2) is 0 Å². The highest BCUT2D eigenvalue weighted by molar-refractivity contribution is 7.10. The molecule has 2 amide bonds. The Kier molecular flexibility index (Phi) is 8.52. The van der Waals surface area contributed by atoms with Crippen molar-refractivity contribution in [3.05, 3.63) is 57.2 Å². The van der Waals surface area contributed by atoms with Crippen molar-refractivity contribution in [2.45, 2.75) is 45.7 Å². The molecule has 5 nitrogen and oxygen atoms in total. The Hall–Kier alpha value is -1.89. The lowest BCUT2D eigenvalue weighted by Crippen LogP contribution is -2.51. The number of likely N-dealkylation sites (tertiary alicyclic amines) is 1. The minimum atomic E-state index is -0.630. The summed E-state index contributed by atoms with van der Waals surface area (Å²) in [6.07, 6.45) is 2.36. The molecule has 3 rings (SSSR count). The zero-order valence-electron chi connectivity index (χ0n) is 18.4. The van der Waals surface area contributed by atoms with Gasteiger partial charge in [0.1, 0.15) is 6.04 Å². The van der Waals surface area contributed by atoms with Crippen LogP contribution in [0.25, 0.3) is 0 Å². The van der Waals surface area contributed by atoms with Crippen molar-refractivity contribution in [2.24, 2.45) is 11.8 Å². The van der Waals surface area contributed by atoms with E-state index in [1.807, 2.05) is 13.8 Å². The lowest BCUT2D eigenvalue weighted by Gasteiger charge is -2.36. The van der Waals surface area contributed by atoms with Crippen molar-refractivity contribution in [3.8, 4) is 0 Å². The molecule has 7 heteroatoms. The van der Waals surface area contributed by atoms with Gasteiger partial charge in [0.2, 0.25) is 5.91 Å². The average Bonchev–Trinajstić information content (AvgIpc) is 3.27. The molecule has 0 aliphatic carbocycles. The lowest BCUT2D eigenvalue weighted by atomic mass is 9.97. The van der Waals surface area contributed by atoms with Crippen molar-refractivity contribution in [2.75, 3.05) is 19.6 Å². The SMILES string of the molecule is CC1CCN(C(CNC(=O)C(NC(=O)c2ccccc2Cl)C(C)C)c2cccs2)CC1.